The Labute approximate surface area is 155 Å². The van der Waals surface area contributed by atoms with Crippen LogP contribution in [0.5, 0.6) is 11.5 Å². The van der Waals surface area contributed by atoms with Crippen LogP contribution >= 0.6 is 0 Å². The zero-order valence-corrected chi connectivity index (χ0v) is 14.7. The number of phenolic OH excluding ortho intramolecular Hbond substituents is 1. The number of rotatable bonds is 3. The molecule has 2 heterocycles. The molecule has 0 bridgehead atoms. The number of para-hydroxylation sites is 1. The molecule has 0 saturated heterocycles. The topological polar surface area (TPSA) is 63.1 Å². The largest absolute Gasteiger partial charge is 0.508 e. The van der Waals surface area contributed by atoms with E-state index in [-0.39, 0.29) is 5.75 Å². The zero-order chi connectivity index (χ0) is 18.4. The smallest absolute Gasteiger partial charge is 0.146 e. The molecule has 27 heavy (non-hydrogen) atoms. The first-order chi connectivity index (χ1) is 13.2. The van der Waals surface area contributed by atoms with Gasteiger partial charge in [-0.2, -0.15) is 0 Å². The molecule has 2 aromatic heterocycles. The maximum Gasteiger partial charge on any atom is 0.146 e. The van der Waals surface area contributed by atoms with Gasteiger partial charge in [-0.1, -0.05) is 18.2 Å². The predicted molar refractivity (Wildman–Crippen MR) is 107 cm³/mol. The summed E-state index contributed by atoms with van der Waals surface area (Å²) in [7, 11) is 1.65. The van der Waals surface area contributed by atoms with E-state index in [2.05, 4.69) is 15.6 Å². The van der Waals surface area contributed by atoms with Crippen LogP contribution in [0.3, 0.4) is 0 Å². The van der Waals surface area contributed by atoms with E-state index in [0.717, 1.165) is 44.9 Å². The Kier molecular flexibility index (Phi) is 3.40. The number of nitrogens with one attached hydrogen (secondary N) is 1. The highest BCUT2D eigenvalue weighted by Crippen LogP contribution is 2.33. The van der Waals surface area contributed by atoms with E-state index in [1.807, 2.05) is 54.6 Å². The van der Waals surface area contributed by atoms with Crippen LogP contribution < -0.4 is 4.74 Å². The highest BCUT2D eigenvalue weighted by Gasteiger charge is 2.18. The number of aromatic nitrogens is 3. The summed E-state index contributed by atoms with van der Waals surface area (Å²) in [6.07, 6.45) is 0. The lowest BCUT2D eigenvalue weighted by Crippen LogP contribution is -1.98. The Hall–Kier alpha value is -3.73. The Morgan fingerprint density at radius 3 is 2.41 bits per heavy atom. The number of aromatic hydroxyl groups is 1. The lowest BCUT2D eigenvalue weighted by Gasteiger charge is -2.10. The fourth-order valence-corrected chi connectivity index (χ4v) is 3.44. The molecule has 0 spiro atoms. The van der Waals surface area contributed by atoms with Gasteiger partial charge in [-0.3, -0.25) is 4.57 Å². The van der Waals surface area contributed by atoms with Gasteiger partial charge in [0.2, 0.25) is 0 Å². The van der Waals surface area contributed by atoms with Crippen LogP contribution in [0.4, 0.5) is 0 Å². The summed E-state index contributed by atoms with van der Waals surface area (Å²) >= 11 is 0. The van der Waals surface area contributed by atoms with Crippen molar-refractivity contribution in [1.29, 1.82) is 0 Å². The molecule has 0 aliphatic rings. The summed E-state index contributed by atoms with van der Waals surface area (Å²) < 4.78 is 7.35. The number of phenols is 1. The number of aromatic amines is 1. The molecule has 5 rings (SSSR count). The minimum absolute atomic E-state index is 0.234. The summed E-state index contributed by atoms with van der Waals surface area (Å²) in [6, 6.07) is 23.1. The van der Waals surface area contributed by atoms with Crippen molar-refractivity contribution in [1.82, 2.24) is 14.5 Å². The summed E-state index contributed by atoms with van der Waals surface area (Å²) in [4.78, 5) is 8.44. The van der Waals surface area contributed by atoms with Crippen LogP contribution in [0.2, 0.25) is 0 Å². The Morgan fingerprint density at radius 2 is 1.67 bits per heavy atom. The van der Waals surface area contributed by atoms with Crippen molar-refractivity contribution in [2.24, 2.45) is 0 Å². The van der Waals surface area contributed by atoms with E-state index in [1.54, 1.807) is 19.2 Å². The van der Waals surface area contributed by atoms with Gasteiger partial charge in [0.1, 0.15) is 28.5 Å². The van der Waals surface area contributed by atoms with Gasteiger partial charge in [-0.15, -0.1) is 0 Å². The summed E-state index contributed by atoms with van der Waals surface area (Å²) in [6.45, 7) is 0. The fourth-order valence-electron chi connectivity index (χ4n) is 3.44. The van der Waals surface area contributed by atoms with E-state index >= 15 is 0 Å². The predicted octanol–water partition coefficient (Wildman–Crippen LogP) is 4.89. The van der Waals surface area contributed by atoms with Crippen molar-refractivity contribution < 1.29 is 9.84 Å². The maximum absolute atomic E-state index is 9.68. The third kappa shape index (κ3) is 2.44. The Balaban J connectivity index is 1.82. The summed E-state index contributed by atoms with van der Waals surface area (Å²) in [5, 5.41) is 10.8. The standard InChI is InChI=1S/C22H17N3O2/c1-27-17-12-6-14(7-13-17)21-24-20-18-4-2-3-5-19(18)23-22(20)25(21)15-8-10-16(26)11-9-15/h2-13,23,26H,1H3. The lowest BCUT2D eigenvalue weighted by molar-refractivity contribution is 0.415. The molecule has 0 unspecified atom stereocenters. The average Bonchev–Trinajstić information content (AvgIpc) is 3.25. The molecule has 132 valence electrons. The zero-order valence-electron chi connectivity index (χ0n) is 14.7. The normalized spacial score (nSPS) is 11.3. The van der Waals surface area contributed by atoms with Crippen LogP contribution in [-0.4, -0.2) is 26.8 Å². The third-order valence-corrected chi connectivity index (χ3v) is 4.77. The van der Waals surface area contributed by atoms with Crippen LogP contribution in [0.25, 0.3) is 39.1 Å². The van der Waals surface area contributed by atoms with Gasteiger partial charge >= 0.3 is 0 Å². The number of H-pyrrole nitrogens is 1. The highest BCUT2D eigenvalue weighted by atomic mass is 16.5. The first kappa shape index (κ1) is 15.5. The number of imidazole rings is 1. The van der Waals surface area contributed by atoms with Gasteiger partial charge in [0.15, 0.2) is 0 Å². The van der Waals surface area contributed by atoms with Crippen molar-refractivity contribution >= 4 is 22.1 Å². The van der Waals surface area contributed by atoms with E-state index in [1.165, 1.54) is 0 Å². The molecule has 5 aromatic rings. The molecule has 0 saturated carbocycles. The number of fused-ring (bicyclic) bond motifs is 3. The van der Waals surface area contributed by atoms with Gasteiger partial charge in [0.25, 0.3) is 0 Å². The van der Waals surface area contributed by atoms with Crippen molar-refractivity contribution in [3.05, 3.63) is 72.8 Å². The number of hydrogen-bond acceptors (Lipinski definition) is 3. The summed E-state index contributed by atoms with van der Waals surface area (Å²) in [5.74, 6) is 1.87. The molecule has 5 nitrogen and oxygen atoms in total. The molecule has 0 aliphatic carbocycles. The molecule has 2 N–H and O–H groups in total. The Morgan fingerprint density at radius 1 is 0.926 bits per heavy atom. The SMILES string of the molecule is COc1ccc(-c2nc3c4ccccc4[nH]c3n2-c2ccc(O)cc2)cc1. The number of nitrogens with zero attached hydrogens (tertiary/aromatic N) is 2. The first-order valence-electron chi connectivity index (χ1n) is 8.67. The van der Waals surface area contributed by atoms with Gasteiger partial charge in [0, 0.05) is 22.2 Å². The molecule has 0 fully saturated rings. The number of benzene rings is 3. The monoisotopic (exact) mass is 355 g/mol. The van der Waals surface area contributed by atoms with E-state index < -0.39 is 0 Å². The molecule has 0 radical (unpaired) electrons. The molecule has 0 aliphatic heterocycles. The Bertz CT molecular complexity index is 1250. The van der Waals surface area contributed by atoms with Gasteiger partial charge in [-0.25, -0.2) is 4.98 Å². The fraction of sp³-hybridized carbons (Fsp3) is 0.0455. The van der Waals surface area contributed by atoms with Crippen LogP contribution in [-0.2, 0) is 0 Å². The molecule has 5 heteroatoms. The maximum atomic E-state index is 9.68. The minimum Gasteiger partial charge on any atom is -0.508 e. The molecule has 3 aromatic carbocycles. The van der Waals surface area contributed by atoms with Crippen molar-refractivity contribution in [2.75, 3.05) is 7.11 Å². The quantitative estimate of drug-likeness (QED) is 0.484. The van der Waals surface area contributed by atoms with Crippen LogP contribution in [0, 0.1) is 0 Å². The second-order valence-corrected chi connectivity index (χ2v) is 6.38. The number of methoxy groups -OCH3 is 1. The van der Waals surface area contributed by atoms with Gasteiger partial charge < -0.3 is 14.8 Å². The average molecular weight is 355 g/mol. The number of hydrogen-bond donors (Lipinski definition) is 2. The summed E-state index contributed by atoms with van der Waals surface area (Å²) in [5.41, 5.74) is 4.80. The van der Waals surface area contributed by atoms with E-state index in [0.29, 0.717) is 0 Å². The van der Waals surface area contributed by atoms with Crippen molar-refractivity contribution in [3.63, 3.8) is 0 Å². The number of ether oxygens (including phenoxy) is 1. The van der Waals surface area contributed by atoms with Gasteiger partial charge in [0.05, 0.1) is 7.11 Å². The third-order valence-electron chi connectivity index (χ3n) is 4.77. The molecule has 0 amide bonds. The highest BCUT2D eigenvalue weighted by molar-refractivity contribution is 6.05. The van der Waals surface area contributed by atoms with Crippen LogP contribution in [0.15, 0.2) is 72.8 Å². The van der Waals surface area contributed by atoms with Gasteiger partial charge in [-0.05, 0) is 54.6 Å². The molecular formula is C22H17N3O2. The van der Waals surface area contributed by atoms with Crippen molar-refractivity contribution in [2.45, 2.75) is 0 Å². The van der Waals surface area contributed by atoms with Crippen LogP contribution in [0.1, 0.15) is 0 Å². The molecule has 0 atom stereocenters. The lowest BCUT2D eigenvalue weighted by atomic mass is 10.2. The second-order valence-electron chi connectivity index (χ2n) is 6.38. The molecular weight excluding hydrogens is 338 g/mol. The second kappa shape index (κ2) is 5.92. The van der Waals surface area contributed by atoms with E-state index in [9.17, 15) is 5.11 Å². The van der Waals surface area contributed by atoms with Crippen molar-refractivity contribution in [3.8, 4) is 28.6 Å². The minimum atomic E-state index is 0.234. The van der Waals surface area contributed by atoms with E-state index in [4.69, 9.17) is 9.72 Å². The first-order valence-corrected chi connectivity index (χ1v) is 8.67.